The molecule has 0 aromatic carbocycles. The lowest BCUT2D eigenvalue weighted by Crippen LogP contribution is -2.53. The van der Waals surface area contributed by atoms with Gasteiger partial charge in [-0.15, -0.1) is 0 Å². The molecule has 0 bridgehead atoms. The number of piperidine rings is 1. The second-order valence-electron chi connectivity index (χ2n) is 8.03. The van der Waals surface area contributed by atoms with Crippen molar-refractivity contribution in [3.63, 3.8) is 0 Å². The Morgan fingerprint density at radius 1 is 1.00 bits per heavy atom. The van der Waals surface area contributed by atoms with Gasteiger partial charge in [-0.25, -0.2) is 9.78 Å². The van der Waals surface area contributed by atoms with Gasteiger partial charge < -0.3 is 14.7 Å². The Morgan fingerprint density at radius 2 is 1.77 bits per heavy atom. The molecule has 2 aliphatic heterocycles. The molecule has 0 radical (unpaired) electrons. The first-order valence-corrected chi connectivity index (χ1v) is 10.4. The van der Waals surface area contributed by atoms with Crippen molar-refractivity contribution in [2.75, 3.05) is 49.1 Å². The first-order valence-electron chi connectivity index (χ1n) is 10.4. The van der Waals surface area contributed by atoms with Gasteiger partial charge in [0.15, 0.2) is 0 Å². The van der Waals surface area contributed by atoms with Crippen LogP contribution >= 0.6 is 0 Å². The number of rotatable bonds is 3. The van der Waals surface area contributed by atoms with Crippen molar-refractivity contribution in [3.8, 4) is 0 Å². The average Bonchev–Trinajstić information content (AvgIpc) is 2.80. The van der Waals surface area contributed by atoms with Crippen LogP contribution in [0.25, 0.3) is 0 Å². The van der Waals surface area contributed by atoms with Crippen LogP contribution < -0.4 is 21.0 Å². The fourth-order valence-electron chi connectivity index (χ4n) is 4.37. The molecule has 2 aliphatic rings. The van der Waals surface area contributed by atoms with Crippen LogP contribution in [0.5, 0.6) is 0 Å². The molecule has 0 N–H and O–H groups in total. The fraction of sp³-hybridized carbons (Fsp3) is 0.524. The number of hydrogen-bond donors (Lipinski definition) is 0. The van der Waals surface area contributed by atoms with Crippen molar-refractivity contribution in [2.45, 2.75) is 12.8 Å². The van der Waals surface area contributed by atoms with E-state index in [0.29, 0.717) is 25.5 Å². The second kappa shape index (κ2) is 8.33. The van der Waals surface area contributed by atoms with E-state index >= 15 is 0 Å². The number of piperazine rings is 1. The maximum absolute atomic E-state index is 13.2. The summed E-state index contributed by atoms with van der Waals surface area (Å²) in [5, 5.41) is 0. The molecule has 0 saturated carbocycles. The highest BCUT2D eigenvalue weighted by molar-refractivity contribution is 5.80. The van der Waals surface area contributed by atoms with Gasteiger partial charge in [0.25, 0.3) is 5.56 Å². The monoisotopic (exact) mass is 412 g/mol. The maximum Gasteiger partial charge on any atom is 0.332 e. The maximum atomic E-state index is 13.2. The Kier molecular flexibility index (Phi) is 5.61. The summed E-state index contributed by atoms with van der Waals surface area (Å²) in [7, 11) is 3.14. The number of aromatic nitrogens is 3. The van der Waals surface area contributed by atoms with Crippen molar-refractivity contribution >= 4 is 17.5 Å². The Hall–Kier alpha value is -3.10. The molecule has 9 heteroatoms. The average molecular weight is 412 g/mol. The van der Waals surface area contributed by atoms with Crippen LogP contribution in [-0.4, -0.2) is 64.2 Å². The zero-order chi connectivity index (χ0) is 21.3. The summed E-state index contributed by atoms with van der Waals surface area (Å²) < 4.78 is 2.58. The van der Waals surface area contributed by atoms with Crippen LogP contribution in [0.2, 0.25) is 0 Å². The molecule has 0 spiro atoms. The van der Waals surface area contributed by atoms with Gasteiger partial charge in [-0.3, -0.25) is 18.7 Å². The van der Waals surface area contributed by atoms with Crippen molar-refractivity contribution < 1.29 is 4.79 Å². The quantitative estimate of drug-likeness (QED) is 0.708. The predicted molar refractivity (Wildman–Crippen MR) is 115 cm³/mol. The van der Waals surface area contributed by atoms with Crippen LogP contribution in [0.3, 0.4) is 0 Å². The molecule has 4 rings (SSSR count). The molecular formula is C21H28N6O3. The minimum Gasteiger partial charge on any atom is -0.357 e. The number of nitrogens with zero attached hydrogens (tertiary/aromatic N) is 6. The fourth-order valence-corrected chi connectivity index (χ4v) is 4.37. The third-order valence-electron chi connectivity index (χ3n) is 6.16. The van der Waals surface area contributed by atoms with E-state index in [2.05, 4.69) is 9.88 Å². The van der Waals surface area contributed by atoms with Crippen molar-refractivity contribution in [2.24, 2.45) is 20.0 Å². The van der Waals surface area contributed by atoms with Gasteiger partial charge >= 0.3 is 5.69 Å². The summed E-state index contributed by atoms with van der Waals surface area (Å²) >= 11 is 0. The number of anilines is 2. The van der Waals surface area contributed by atoms with Gasteiger partial charge in [0, 0.05) is 65.6 Å². The number of pyridine rings is 1. The van der Waals surface area contributed by atoms with E-state index < -0.39 is 0 Å². The van der Waals surface area contributed by atoms with E-state index in [0.717, 1.165) is 42.9 Å². The topological polar surface area (TPSA) is 83.7 Å². The highest BCUT2D eigenvalue weighted by Gasteiger charge is 2.32. The number of carbonyl (C=O) groups is 1. The highest BCUT2D eigenvalue weighted by atomic mass is 16.2. The Labute approximate surface area is 175 Å². The van der Waals surface area contributed by atoms with Gasteiger partial charge in [0.1, 0.15) is 11.6 Å². The summed E-state index contributed by atoms with van der Waals surface area (Å²) in [4.78, 5) is 48.1. The summed E-state index contributed by atoms with van der Waals surface area (Å²) in [6.45, 7) is 4.15. The molecular weight excluding hydrogens is 384 g/mol. The first-order chi connectivity index (χ1) is 14.5. The lowest BCUT2D eigenvalue weighted by molar-refractivity contribution is -0.136. The number of hydrogen-bond acceptors (Lipinski definition) is 6. The molecule has 2 fully saturated rings. The van der Waals surface area contributed by atoms with Crippen molar-refractivity contribution in [1.29, 1.82) is 0 Å². The Balaban J connectivity index is 1.42. The molecule has 2 aromatic heterocycles. The summed E-state index contributed by atoms with van der Waals surface area (Å²) in [5.74, 6) is 1.56. The van der Waals surface area contributed by atoms with E-state index in [1.165, 1.54) is 17.7 Å². The van der Waals surface area contributed by atoms with E-state index in [1.54, 1.807) is 13.2 Å². The zero-order valence-corrected chi connectivity index (χ0v) is 17.5. The molecule has 9 nitrogen and oxygen atoms in total. The Morgan fingerprint density at radius 3 is 2.47 bits per heavy atom. The molecule has 1 amide bonds. The van der Waals surface area contributed by atoms with Gasteiger partial charge in [-0.05, 0) is 25.0 Å². The molecule has 0 aliphatic carbocycles. The van der Waals surface area contributed by atoms with Crippen LogP contribution in [0.15, 0.2) is 40.1 Å². The molecule has 2 saturated heterocycles. The van der Waals surface area contributed by atoms with Crippen molar-refractivity contribution in [1.82, 2.24) is 19.0 Å². The van der Waals surface area contributed by atoms with Gasteiger partial charge in [-0.1, -0.05) is 6.07 Å². The second-order valence-corrected chi connectivity index (χ2v) is 8.03. The third-order valence-corrected chi connectivity index (χ3v) is 6.16. The molecule has 160 valence electrons. The third kappa shape index (κ3) is 3.83. The van der Waals surface area contributed by atoms with Crippen LogP contribution in [-0.2, 0) is 18.9 Å². The Bertz CT molecular complexity index is 1020. The zero-order valence-electron chi connectivity index (χ0n) is 17.5. The van der Waals surface area contributed by atoms with Gasteiger partial charge in [0.2, 0.25) is 5.91 Å². The molecule has 4 heterocycles. The number of carbonyl (C=O) groups excluding carboxylic acids is 1. The van der Waals surface area contributed by atoms with E-state index in [9.17, 15) is 14.4 Å². The lowest BCUT2D eigenvalue weighted by atomic mass is 9.96. The summed E-state index contributed by atoms with van der Waals surface area (Å²) in [6, 6.07) is 7.35. The van der Waals surface area contributed by atoms with Crippen LogP contribution in [0.4, 0.5) is 11.6 Å². The van der Waals surface area contributed by atoms with Gasteiger partial charge in [-0.2, -0.15) is 0 Å². The van der Waals surface area contributed by atoms with Crippen LogP contribution in [0.1, 0.15) is 12.8 Å². The molecule has 1 unspecified atom stereocenters. The number of amides is 1. The SMILES string of the molecule is Cn1c(N2CCCC(C(=O)N3CCN(c4ccccn4)CC3)C2)cc(=O)n(C)c1=O. The first kappa shape index (κ1) is 20.2. The van der Waals surface area contributed by atoms with Crippen molar-refractivity contribution in [3.05, 3.63) is 51.3 Å². The summed E-state index contributed by atoms with van der Waals surface area (Å²) in [5.41, 5.74) is -0.677. The minimum atomic E-state index is -0.350. The van der Waals surface area contributed by atoms with Crippen LogP contribution in [0, 0.1) is 5.92 Å². The molecule has 2 aromatic rings. The molecule has 1 atom stereocenters. The normalized spacial score (nSPS) is 19.8. The molecule has 30 heavy (non-hydrogen) atoms. The summed E-state index contributed by atoms with van der Waals surface area (Å²) in [6.07, 6.45) is 3.47. The predicted octanol–water partition coefficient (Wildman–Crippen LogP) is 0.0442. The minimum absolute atomic E-state index is 0.126. The van der Waals surface area contributed by atoms with Gasteiger partial charge in [0.05, 0.1) is 5.92 Å². The smallest absolute Gasteiger partial charge is 0.332 e. The lowest BCUT2D eigenvalue weighted by Gasteiger charge is -2.40. The van der Waals surface area contributed by atoms with E-state index in [1.807, 2.05) is 28.0 Å². The van der Waals surface area contributed by atoms with E-state index in [-0.39, 0.29) is 23.1 Å². The largest absolute Gasteiger partial charge is 0.357 e. The standard InChI is InChI=1S/C21H28N6O3/c1-23-18(14-19(28)24(2)21(23)30)27-9-5-6-16(15-27)20(29)26-12-10-25(11-13-26)17-7-3-4-8-22-17/h3-4,7-8,14,16H,5-6,9-13,15H2,1-2H3. The van der Waals surface area contributed by atoms with E-state index in [4.69, 9.17) is 0 Å². The highest BCUT2D eigenvalue weighted by Crippen LogP contribution is 2.24.